The summed E-state index contributed by atoms with van der Waals surface area (Å²) in [5.74, 6) is 0.572. The number of hydrogen-bond acceptors (Lipinski definition) is 5. The van der Waals surface area contributed by atoms with E-state index < -0.39 is 5.41 Å². The van der Waals surface area contributed by atoms with E-state index in [0.29, 0.717) is 40.2 Å². The van der Waals surface area contributed by atoms with E-state index in [4.69, 9.17) is 23.2 Å². The molecule has 1 fully saturated rings. The minimum absolute atomic E-state index is 0.0654. The summed E-state index contributed by atoms with van der Waals surface area (Å²) in [5, 5.41) is 9.10. The van der Waals surface area contributed by atoms with Gasteiger partial charge in [0.2, 0.25) is 5.91 Å². The standard InChI is InChI=1S/C21H24Cl2N6O2/c1-21(2,3)20(31)28-9-5-6-12(10-28)17-24-18-16(19(30)25-17)26-27-29(18)11-13-14(22)7-4-8-15(13)23/h4,7-8,12H,5-6,9-11H2,1-3H3,(H,24,25,30). The summed E-state index contributed by atoms with van der Waals surface area (Å²) < 4.78 is 1.53. The fraction of sp³-hybridized carbons (Fsp3) is 0.476. The third kappa shape index (κ3) is 4.32. The molecule has 1 N–H and O–H groups in total. The van der Waals surface area contributed by atoms with Crippen LogP contribution >= 0.6 is 23.2 Å². The van der Waals surface area contributed by atoms with Crippen molar-refractivity contribution in [1.29, 1.82) is 0 Å². The molecule has 164 valence electrons. The molecule has 3 aromatic rings. The second-order valence-corrected chi connectivity index (χ2v) is 9.73. The summed E-state index contributed by atoms with van der Waals surface area (Å²) in [5.41, 5.74) is 0.403. The lowest BCUT2D eigenvalue weighted by Crippen LogP contribution is -2.45. The molecular formula is C21H24Cl2N6O2. The molecule has 0 saturated carbocycles. The van der Waals surface area contributed by atoms with Crippen molar-refractivity contribution < 1.29 is 4.79 Å². The second-order valence-electron chi connectivity index (χ2n) is 8.91. The summed E-state index contributed by atoms with van der Waals surface area (Å²) in [4.78, 5) is 34.8. The molecule has 1 aliphatic heterocycles. The summed E-state index contributed by atoms with van der Waals surface area (Å²) in [6.45, 7) is 7.20. The molecule has 0 spiro atoms. The van der Waals surface area contributed by atoms with Gasteiger partial charge in [-0.05, 0) is 25.0 Å². The lowest BCUT2D eigenvalue weighted by Gasteiger charge is -2.36. The molecule has 0 aliphatic carbocycles. The molecule has 1 saturated heterocycles. The normalized spacial score (nSPS) is 17.3. The van der Waals surface area contributed by atoms with Gasteiger partial charge in [-0.1, -0.05) is 55.3 Å². The van der Waals surface area contributed by atoms with Gasteiger partial charge in [0, 0.05) is 40.0 Å². The van der Waals surface area contributed by atoms with Crippen LogP contribution in [0.5, 0.6) is 0 Å². The van der Waals surface area contributed by atoms with Crippen molar-refractivity contribution in [2.75, 3.05) is 13.1 Å². The van der Waals surface area contributed by atoms with Gasteiger partial charge in [-0.15, -0.1) is 5.10 Å². The third-order valence-electron chi connectivity index (χ3n) is 5.50. The average molecular weight is 463 g/mol. The molecule has 31 heavy (non-hydrogen) atoms. The smallest absolute Gasteiger partial charge is 0.281 e. The summed E-state index contributed by atoms with van der Waals surface area (Å²) in [6.07, 6.45) is 1.68. The summed E-state index contributed by atoms with van der Waals surface area (Å²) >= 11 is 12.6. The Balaban J connectivity index is 1.68. The molecule has 1 aliphatic rings. The summed E-state index contributed by atoms with van der Waals surface area (Å²) in [7, 11) is 0. The first kappa shape index (κ1) is 21.8. The zero-order valence-electron chi connectivity index (χ0n) is 17.7. The average Bonchev–Trinajstić information content (AvgIpc) is 3.13. The number of aromatic nitrogens is 5. The molecule has 0 bridgehead atoms. The number of amides is 1. The van der Waals surface area contributed by atoms with E-state index in [-0.39, 0.29) is 29.4 Å². The summed E-state index contributed by atoms with van der Waals surface area (Å²) in [6, 6.07) is 5.26. The fourth-order valence-electron chi connectivity index (χ4n) is 3.88. The monoisotopic (exact) mass is 462 g/mol. The van der Waals surface area contributed by atoms with Crippen LogP contribution in [0.25, 0.3) is 11.2 Å². The van der Waals surface area contributed by atoms with E-state index in [1.54, 1.807) is 18.2 Å². The Kier molecular flexibility index (Phi) is 5.79. The lowest BCUT2D eigenvalue weighted by molar-refractivity contribution is -0.140. The molecule has 1 atom stereocenters. The molecule has 1 unspecified atom stereocenters. The Hall–Kier alpha value is -2.45. The number of carbonyl (C=O) groups excluding carboxylic acids is 1. The highest BCUT2D eigenvalue weighted by molar-refractivity contribution is 6.36. The molecule has 0 radical (unpaired) electrons. The van der Waals surface area contributed by atoms with Crippen LogP contribution in [0.3, 0.4) is 0 Å². The van der Waals surface area contributed by atoms with Crippen LogP contribution in [0, 0.1) is 5.41 Å². The van der Waals surface area contributed by atoms with Crippen molar-refractivity contribution in [2.45, 2.75) is 46.1 Å². The molecule has 1 aromatic carbocycles. The van der Waals surface area contributed by atoms with Crippen molar-refractivity contribution in [3.63, 3.8) is 0 Å². The van der Waals surface area contributed by atoms with Gasteiger partial charge in [0.25, 0.3) is 5.56 Å². The first-order valence-electron chi connectivity index (χ1n) is 10.2. The van der Waals surface area contributed by atoms with Gasteiger partial charge >= 0.3 is 0 Å². The van der Waals surface area contributed by atoms with Gasteiger partial charge in [-0.25, -0.2) is 9.67 Å². The number of H-pyrrole nitrogens is 1. The van der Waals surface area contributed by atoms with Gasteiger partial charge < -0.3 is 9.88 Å². The minimum Gasteiger partial charge on any atom is -0.342 e. The van der Waals surface area contributed by atoms with Crippen molar-refractivity contribution in [3.8, 4) is 0 Å². The highest BCUT2D eigenvalue weighted by atomic mass is 35.5. The van der Waals surface area contributed by atoms with Gasteiger partial charge in [-0.3, -0.25) is 9.59 Å². The van der Waals surface area contributed by atoms with Crippen LogP contribution in [0.1, 0.15) is 50.9 Å². The molecule has 10 heteroatoms. The van der Waals surface area contributed by atoms with Crippen LogP contribution < -0.4 is 5.56 Å². The predicted molar refractivity (Wildman–Crippen MR) is 120 cm³/mol. The number of hydrogen-bond donors (Lipinski definition) is 1. The van der Waals surface area contributed by atoms with Gasteiger partial charge in [0.1, 0.15) is 5.82 Å². The van der Waals surface area contributed by atoms with E-state index in [0.717, 1.165) is 12.8 Å². The van der Waals surface area contributed by atoms with E-state index in [9.17, 15) is 9.59 Å². The highest BCUT2D eigenvalue weighted by Crippen LogP contribution is 2.29. The van der Waals surface area contributed by atoms with Crippen LogP contribution in [-0.4, -0.2) is 48.9 Å². The van der Waals surface area contributed by atoms with Crippen molar-refractivity contribution in [2.24, 2.45) is 5.41 Å². The Morgan fingerprint density at radius 1 is 1.26 bits per heavy atom. The molecule has 1 amide bonds. The number of likely N-dealkylation sites (tertiary alicyclic amines) is 1. The highest BCUT2D eigenvalue weighted by Gasteiger charge is 2.32. The number of halogens is 2. The van der Waals surface area contributed by atoms with Crippen molar-refractivity contribution in [3.05, 3.63) is 50.0 Å². The Morgan fingerprint density at radius 3 is 2.65 bits per heavy atom. The largest absolute Gasteiger partial charge is 0.342 e. The predicted octanol–water partition coefficient (Wildman–Crippen LogP) is 3.62. The van der Waals surface area contributed by atoms with E-state index in [2.05, 4.69) is 20.3 Å². The molecule has 3 heterocycles. The number of carbonyl (C=O) groups is 1. The molecule has 2 aromatic heterocycles. The van der Waals surface area contributed by atoms with Crippen LogP contribution in [-0.2, 0) is 11.3 Å². The maximum Gasteiger partial charge on any atom is 0.281 e. The maximum absolute atomic E-state index is 12.7. The van der Waals surface area contributed by atoms with E-state index in [1.165, 1.54) is 4.68 Å². The van der Waals surface area contributed by atoms with Crippen molar-refractivity contribution >= 4 is 40.3 Å². The number of fused-ring (bicyclic) bond motifs is 1. The number of benzene rings is 1. The number of nitrogens with one attached hydrogen (secondary N) is 1. The van der Waals surface area contributed by atoms with E-state index >= 15 is 0 Å². The van der Waals surface area contributed by atoms with Crippen LogP contribution in [0.4, 0.5) is 0 Å². The van der Waals surface area contributed by atoms with E-state index in [1.807, 2.05) is 25.7 Å². The van der Waals surface area contributed by atoms with Crippen LogP contribution in [0.2, 0.25) is 10.0 Å². The van der Waals surface area contributed by atoms with Crippen molar-refractivity contribution in [1.82, 2.24) is 29.9 Å². The topological polar surface area (TPSA) is 96.8 Å². The molecule has 8 nitrogen and oxygen atoms in total. The fourth-order valence-corrected chi connectivity index (χ4v) is 4.39. The second kappa shape index (κ2) is 8.24. The number of aromatic amines is 1. The number of nitrogens with zero attached hydrogens (tertiary/aromatic N) is 5. The van der Waals surface area contributed by atoms with Crippen LogP contribution in [0.15, 0.2) is 23.0 Å². The Bertz CT molecular complexity index is 1180. The van der Waals surface area contributed by atoms with Gasteiger partial charge in [-0.2, -0.15) is 0 Å². The Morgan fingerprint density at radius 2 is 1.97 bits per heavy atom. The molecular weight excluding hydrogens is 439 g/mol. The zero-order chi connectivity index (χ0) is 22.3. The van der Waals surface area contributed by atoms with Gasteiger partial charge in [0.05, 0.1) is 6.54 Å². The maximum atomic E-state index is 12.7. The third-order valence-corrected chi connectivity index (χ3v) is 6.21. The first-order valence-corrected chi connectivity index (χ1v) is 11.0. The first-order chi connectivity index (χ1) is 14.6. The number of piperidine rings is 1. The minimum atomic E-state index is -0.455. The number of rotatable bonds is 3. The van der Waals surface area contributed by atoms with Gasteiger partial charge in [0.15, 0.2) is 11.2 Å². The molecule has 4 rings (SSSR count). The lowest BCUT2D eigenvalue weighted by atomic mass is 9.91. The SMILES string of the molecule is CC(C)(C)C(=O)N1CCCC(c2nc3c(nnn3Cc3c(Cl)cccc3Cl)c(=O)[nH]2)C1. The Labute approximate surface area is 189 Å². The zero-order valence-corrected chi connectivity index (χ0v) is 19.2. The quantitative estimate of drug-likeness (QED) is 0.640.